The molecule has 0 N–H and O–H groups in total. The van der Waals surface area contributed by atoms with Crippen LogP contribution in [0, 0.1) is 28.6 Å². The van der Waals surface area contributed by atoms with Crippen molar-refractivity contribution >= 4 is 11.6 Å². The molecule has 2 fully saturated rings. The smallest absolute Gasteiger partial charge is 0.156 e. The SMILES string of the molecule is CC(=O)[C@@H]1CC[C@@H]2[C@H]3CCC4=CC(=O)C[C@]4(C)C3=CC[C@@]21C. The van der Waals surface area contributed by atoms with Crippen molar-refractivity contribution in [3.05, 3.63) is 23.3 Å². The lowest BCUT2D eigenvalue weighted by Gasteiger charge is -2.51. The summed E-state index contributed by atoms with van der Waals surface area (Å²) in [5, 5.41) is 0. The van der Waals surface area contributed by atoms with E-state index in [-0.39, 0.29) is 16.7 Å². The summed E-state index contributed by atoms with van der Waals surface area (Å²) in [4.78, 5) is 24.1. The van der Waals surface area contributed by atoms with Crippen LogP contribution in [0.1, 0.15) is 59.3 Å². The highest BCUT2D eigenvalue weighted by molar-refractivity contribution is 5.95. The highest BCUT2D eigenvalue weighted by atomic mass is 16.1. The second-order valence-corrected chi connectivity index (χ2v) is 8.51. The first-order valence-electron chi connectivity index (χ1n) is 8.81. The molecule has 2 nitrogen and oxygen atoms in total. The van der Waals surface area contributed by atoms with Crippen molar-refractivity contribution in [2.75, 3.05) is 0 Å². The van der Waals surface area contributed by atoms with Gasteiger partial charge in [0.2, 0.25) is 0 Å². The fourth-order valence-corrected chi connectivity index (χ4v) is 6.39. The zero-order valence-corrected chi connectivity index (χ0v) is 13.9. The molecule has 0 spiro atoms. The van der Waals surface area contributed by atoms with Crippen LogP contribution in [0.4, 0.5) is 0 Å². The molecule has 118 valence electrons. The molecule has 2 saturated carbocycles. The van der Waals surface area contributed by atoms with Gasteiger partial charge in [-0.2, -0.15) is 0 Å². The van der Waals surface area contributed by atoms with E-state index in [0.29, 0.717) is 29.8 Å². The van der Waals surface area contributed by atoms with Crippen molar-refractivity contribution in [1.82, 2.24) is 0 Å². The summed E-state index contributed by atoms with van der Waals surface area (Å²) in [5.41, 5.74) is 3.04. The van der Waals surface area contributed by atoms with Gasteiger partial charge in [-0.15, -0.1) is 0 Å². The van der Waals surface area contributed by atoms with Gasteiger partial charge in [0, 0.05) is 17.8 Å². The number of carbonyl (C=O) groups is 2. The van der Waals surface area contributed by atoms with Crippen LogP contribution in [0.3, 0.4) is 0 Å². The molecule has 0 aliphatic heterocycles. The first-order valence-corrected chi connectivity index (χ1v) is 8.81. The lowest BCUT2D eigenvalue weighted by atomic mass is 9.53. The van der Waals surface area contributed by atoms with E-state index < -0.39 is 0 Å². The van der Waals surface area contributed by atoms with Crippen LogP contribution in [0.25, 0.3) is 0 Å². The number of hydrogen-bond donors (Lipinski definition) is 0. The molecule has 0 aromatic rings. The molecule has 0 unspecified atom stereocenters. The van der Waals surface area contributed by atoms with Crippen molar-refractivity contribution in [3.8, 4) is 0 Å². The van der Waals surface area contributed by atoms with E-state index in [4.69, 9.17) is 0 Å². The molecule has 22 heavy (non-hydrogen) atoms. The average molecular weight is 298 g/mol. The topological polar surface area (TPSA) is 34.1 Å². The Morgan fingerprint density at radius 3 is 2.73 bits per heavy atom. The molecule has 0 saturated heterocycles. The van der Waals surface area contributed by atoms with Crippen molar-refractivity contribution < 1.29 is 9.59 Å². The lowest BCUT2D eigenvalue weighted by molar-refractivity contribution is -0.124. The number of hydrogen-bond acceptors (Lipinski definition) is 2. The standard InChI is InChI=1S/C20H26O2/c1-12(21)16-6-7-17-15-5-4-13-10-14(22)11-20(13,3)18(15)8-9-19(16,17)2/h8,10,15-17H,4-7,9,11H2,1-3H3/t15-,16+,17-,19-,20+/m1/s1. The van der Waals surface area contributed by atoms with Crippen LogP contribution >= 0.6 is 0 Å². The quantitative estimate of drug-likeness (QED) is 0.678. The van der Waals surface area contributed by atoms with Gasteiger partial charge in [-0.25, -0.2) is 0 Å². The van der Waals surface area contributed by atoms with Gasteiger partial charge >= 0.3 is 0 Å². The van der Waals surface area contributed by atoms with Crippen LogP contribution in [-0.4, -0.2) is 11.6 Å². The van der Waals surface area contributed by atoms with Crippen molar-refractivity contribution in [2.24, 2.45) is 28.6 Å². The molecule has 0 aromatic heterocycles. The Morgan fingerprint density at radius 2 is 2.00 bits per heavy atom. The monoisotopic (exact) mass is 298 g/mol. The second-order valence-electron chi connectivity index (χ2n) is 8.51. The lowest BCUT2D eigenvalue weighted by Crippen LogP contribution is -2.43. The molecule has 4 rings (SSSR count). The molecule has 4 aliphatic carbocycles. The maximum atomic E-state index is 12.1. The predicted octanol–water partition coefficient (Wildman–Crippen LogP) is 4.25. The van der Waals surface area contributed by atoms with Crippen molar-refractivity contribution in [2.45, 2.75) is 59.3 Å². The van der Waals surface area contributed by atoms with Crippen LogP contribution in [-0.2, 0) is 9.59 Å². The van der Waals surface area contributed by atoms with Gasteiger partial charge in [0.05, 0.1) is 0 Å². The molecule has 0 radical (unpaired) electrons. The number of carbonyl (C=O) groups excluding carboxylic acids is 2. The van der Waals surface area contributed by atoms with E-state index in [1.807, 2.05) is 6.08 Å². The second kappa shape index (κ2) is 4.43. The molecular formula is C20H26O2. The molecule has 0 heterocycles. The third kappa shape index (κ3) is 1.67. The Morgan fingerprint density at radius 1 is 1.23 bits per heavy atom. The minimum Gasteiger partial charge on any atom is -0.300 e. The minimum atomic E-state index is -0.00433. The zero-order chi connectivity index (χ0) is 15.7. The van der Waals surface area contributed by atoms with Gasteiger partial charge in [-0.05, 0) is 62.4 Å². The summed E-state index contributed by atoms with van der Waals surface area (Å²) >= 11 is 0. The Hall–Kier alpha value is -1.18. The number of Topliss-reactive ketones (excluding diaryl/α,β-unsaturated/α-hetero) is 1. The van der Waals surface area contributed by atoms with Crippen molar-refractivity contribution in [1.29, 1.82) is 0 Å². The summed E-state index contributed by atoms with van der Waals surface area (Å²) in [5.74, 6) is 2.15. The Kier molecular flexibility index (Phi) is 2.90. The highest BCUT2D eigenvalue weighted by Gasteiger charge is 2.57. The van der Waals surface area contributed by atoms with Gasteiger partial charge in [-0.1, -0.05) is 31.1 Å². The fraction of sp³-hybridized carbons (Fsp3) is 0.700. The summed E-state index contributed by atoms with van der Waals surface area (Å²) in [6.45, 7) is 6.40. The van der Waals surface area contributed by atoms with E-state index >= 15 is 0 Å². The fourth-order valence-electron chi connectivity index (χ4n) is 6.39. The van der Waals surface area contributed by atoms with E-state index in [2.05, 4.69) is 19.9 Å². The molecular weight excluding hydrogens is 272 g/mol. The number of fused-ring (bicyclic) bond motifs is 5. The third-order valence-electron chi connectivity index (χ3n) is 7.48. The van der Waals surface area contributed by atoms with Crippen LogP contribution in [0.15, 0.2) is 23.3 Å². The van der Waals surface area contributed by atoms with Gasteiger partial charge in [0.1, 0.15) is 5.78 Å². The molecule has 4 aliphatic rings. The number of rotatable bonds is 1. The van der Waals surface area contributed by atoms with Crippen LogP contribution in [0.2, 0.25) is 0 Å². The first kappa shape index (κ1) is 14.4. The maximum absolute atomic E-state index is 12.1. The number of ketones is 2. The Bertz CT molecular complexity index is 626. The largest absolute Gasteiger partial charge is 0.300 e. The van der Waals surface area contributed by atoms with E-state index in [1.165, 1.54) is 24.0 Å². The predicted molar refractivity (Wildman–Crippen MR) is 86.2 cm³/mol. The van der Waals surface area contributed by atoms with Crippen LogP contribution < -0.4 is 0 Å². The van der Waals surface area contributed by atoms with Crippen LogP contribution in [0.5, 0.6) is 0 Å². The maximum Gasteiger partial charge on any atom is 0.156 e. The molecule has 0 amide bonds. The normalized spacial score (nSPS) is 46.5. The molecule has 2 heteroatoms. The van der Waals surface area contributed by atoms with Gasteiger partial charge in [0.25, 0.3) is 0 Å². The summed E-state index contributed by atoms with van der Waals surface area (Å²) in [7, 11) is 0. The zero-order valence-electron chi connectivity index (χ0n) is 13.9. The summed E-state index contributed by atoms with van der Waals surface area (Å²) in [6.07, 6.45) is 10.5. The highest BCUT2D eigenvalue weighted by Crippen LogP contribution is 2.64. The average Bonchev–Trinajstić information content (AvgIpc) is 2.93. The summed E-state index contributed by atoms with van der Waals surface area (Å²) < 4.78 is 0. The van der Waals surface area contributed by atoms with Gasteiger partial charge in [-0.3, -0.25) is 9.59 Å². The van der Waals surface area contributed by atoms with E-state index in [9.17, 15) is 9.59 Å². The first-order chi connectivity index (χ1) is 10.4. The number of allylic oxidation sites excluding steroid dienone is 4. The minimum absolute atomic E-state index is 0.00433. The van der Waals surface area contributed by atoms with E-state index in [0.717, 1.165) is 19.3 Å². The Balaban J connectivity index is 1.75. The van der Waals surface area contributed by atoms with Gasteiger partial charge < -0.3 is 0 Å². The molecule has 0 aromatic carbocycles. The van der Waals surface area contributed by atoms with Crippen molar-refractivity contribution in [3.63, 3.8) is 0 Å². The van der Waals surface area contributed by atoms with Gasteiger partial charge in [0.15, 0.2) is 5.78 Å². The molecule has 0 bridgehead atoms. The Labute approximate surface area is 133 Å². The van der Waals surface area contributed by atoms with E-state index in [1.54, 1.807) is 6.92 Å². The third-order valence-corrected chi connectivity index (χ3v) is 7.48. The summed E-state index contributed by atoms with van der Waals surface area (Å²) in [6, 6.07) is 0. The molecule has 5 atom stereocenters.